The SMILES string of the molecule is COc1cc(OC)cc(C(=O)Nc2ccc3c(c2)N(Cc2ccccc2F)C(=O)C(C)O3)c1. The highest BCUT2D eigenvalue weighted by molar-refractivity contribution is 6.06. The van der Waals surface area contributed by atoms with Crippen molar-refractivity contribution in [2.75, 3.05) is 24.4 Å². The summed E-state index contributed by atoms with van der Waals surface area (Å²) >= 11 is 0. The Morgan fingerprint density at radius 1 is 1.06 bits per heavy atom. The van der Waals surface area contributed by atoms with Gasteiger partial charge in [0.2, 0.25) is 0 Å². The van der Waals surface area contributed by atoms with Gasteiger partial charge in [0.25, 0.3) is 11.8 Å². The van der Waals surface area contributed by atoms with Gasteiger partial charge < -0.3 is 24.4 Å². The molecule has 1 unspecified atom stereocenters. The minimum atomic E-state index is -0.714. The van der Waals surface area contributed by atoms with Gasteiger partial charge in [-0.2, -0.15) is 0 Å². The highest BCUT2D eigenvalue weighted by Gasteiger charge is 2.32. The van der Waals surface area contributed by atoms with E-state index in [-0.39, 0.29) is 18.4 Å². The summed E-state index contributed by atoms with van der Waals surface area (Å²) in [6, 6.07) is 16.1. The summed E-state index contributed by atoms with van der Waals surface area (Å²) in [6.45, 7) is 1.68. The third-order valence-corrected chi connectivity index (χ3v) is 5.33. The summed E-state index contributed by atoms with van der Waals surface area (Å²) in [6.07, 6.45) is -0.714. The van der Waals surface area contributed by atoms with Crippen molar-refractivity contribution in [3.8, 4) is 17.2 Å². The lowest BCUT2D eigenvalue weighted by molar-refractivity contribution is -0.125. The van der Waals surface area contributed by atoms with E-state index in [1.807, 2.05) is 0 Å². The molecule has 0 radical (unpaired) electrons. The zero-order valence-corrected chi connectivity index (χ0v) is 18.4. The molecule has 1 atom stereocenters. The number of fused-ring (bicyclic) bond motifs is 1. The van der Waals surface area contributed by atoms with E-state index in [0.717, 1.165) is 0 Å². The molecule has 0 bridgehead atoms. The molecular weight excluding hydrogens is 427 g/mol. The zero-order chi connectivity index (χ0) is 23.5. The standard InChI is InChI=1S/C25H23FN2O5/c1-15-25(30)28(14-16-6-4-5-7-21(16)26)22-12-18(8-9-23(22)33-15)27-24(29)17-10-19(31-2)13-20(11-17)32-3/h4-13,15H,14H2,1-3H3,(H,27,29). The number of methoxy groups -OCH3 is 2. The lowest BCUT2D eigenvalue weighted by Crippen LogP contribution is -2.44. The summed E-state index contributed by atoms with van der Waals surface area (Å²) in [5.41, 5.74) is 1.62. The highest BCUT2D eigenvalue weighted by Crippen LogP contribution is 2.37. The maximum Gasteiger partial charge on any atom is 0.268 e. The molecule has 0 aliphatic carbocycles. The number of anilines is 2. The monoisotopic (exact) mass is 450 g/mol. The molecule has 33 heavy (non-hydrogen) atoms. The quantitative estimate of drug-likeness (QED) is 0.602. The number of nitrogens with zero attached hydrogens (tertiary/aromatic N) is 1. The molecule has 4 rings (SSSR count). The van der Waals surface area contributed by atoms with Crippen LogP contribution < -0.4 is 24.4 Å². The van der Waals surface area contributed by atoms with E-state index in [1.165, 1.54) is 25.2 Å². The molecule has 1 aliphatic rings. The highest BCUT2D eigenvalue weighted by atomic mass is 19.1. The molecule has 3 aromatic carbocycles. The molecule has 0 fully saturated rings. The smallest absolute Gasteiger partial charge is 0.268 e. The molecule has 2 amide bonds. The van der Waals surface area contributed by atoms with Gasteiger partial charge in [0.15, 0.2) is 6.10 Å². The van der Waals surface area contributed by atoms with E-state index in [9.17, 15) is 14.0 Å². The van der Waals surface area contributed by atoms with Crippen molar-refractivity contribution in [3.63, 3.8) is 0 Å². The van der Waals surface area contributed by atoms with Gasteiger partial charge in [-0.05, 0) is 43.3 Å². The van der Waals surface area contributed by atoms with Crippen molar-refractivity contribution in [1.82, 2.24) is 0 Å². The normalized spacial score (nSPS) is 14.8. The Hall–Kier alpha value is -4.07. The molecule has 3 aromatic rings. The Kier molecular flexibility index (Phi) is 6.17. The van der Waals surface area contributed by atoms with Gasteiger partial charge in [0, 0.05) is 22.9 Å². The number of hydrogen-bond acceptors (Lipinski definition) is 5. The van der Waals surface area contributed by atoms with E-state index in [1.54, 1.807) is 61.5 Å². The van der Waals surface area contributed by atoms with Crippen molar-refractivity contribution in [2.24, 2.45) is 0 Å². The van der Waals surface area contributed by atoms with Gasteiger partial charge in [0.1, 0.15) is 23.1 Å². The Bertz CT molecular complexity index is 1190. The van der Waals surface area contributed by atoms with Crippen LogP contribution in [0.1, 0.15) is 22.8 Å². The number of rotatable bonds is 6. The van der Waals surface area contributed by atoms with Crippen LogP contribution in [-0.4, -0.2) is 32.1 Å². The topological polar surface area (TPSA) is 77.1 Å². The Labute approximate surface area is 190 Å². The van der Waals surface area contributed by atoms with Gasteiger partial charge in [0.05, 0.1) is 26.5 Å². The fourth-order valence-corrected chi connectivity index (χ4v) is 3.59. The number of carbonyl (C=O) groups excluding carboxylic acids is 2. The molecule has 1 aliphatic heterocycles. The molecule has 1 heterocycles. The third-order valence-electron chi connectivity index (χ3n) is 5.33. The first-order valence-electron chi connectivity index (χ1n) is 10.3. The maximum absolute atomic E-state index is 14.3. The number of amides is 2. The van der Waals surface area contributed by atoms with Crippen LogP contribution in [0.25, 0.3) is 0 Å². The summed E-state index contributed by atoms with van der Waals surface area (Å²) < 4.78 is 30.4. The summed E-state index contributed by atoms with van der Waals surface area (Å²) in [7, 11) is 3.00. The Morgan fingerprint density at radius 3 is 2.42 bits per heavy atom. The second kappa shape index (κ2) is 9.20. The fourth-order valence-electron chi connectivity index (χ4n) is 3.59. The van der Waals surface area contributed by atoms with Gasteiger partial charge in [-0.15, -0.1) is 0 Å². The van der Waals surface area contributed by atoms with E-state index in [0.29, 0.717) is 39.8 Å². The lowest BCUT2D eigenvalue weighted by Gasteiger charge is -2.33. The molecule has 7 nitrogen and oxygen atoms in total. The van der Waals surface area contributed by atoms with Crippen LogP contribution >= 0.6 is 0 Å². The minimum absolute atomic E-state index is 0.0384. The average Bonchev–Trinajstić information content (AvgIpc) is 2.83. The molecule has 1 N–H and O–H groups in total. The number of ether oxygens (including phenoxy) is 3. The molecule has 0 spiro atoms. The minimum Gasteiger partial charge on any atom is -0.497 e. The van der Waals surface area contributed by atoms with Crippen molar-refractivity contribution in [3.05, 3.63) is 77.6 Å². The lowest BCUT2D eigenvalue weighted by atomic mass is 10.1. The zero-order valence-electron chi connectivity index (χ0n) is 18.4. The summed E-state index contributed by atoms with van der Waals surface area (Å²) in [5, 5.41) is 2.82. The summed E-state index contributed by atoms with van der Waals surface area (Å²) in [4.78, 5) is 27.2. The fraction of sp³-hybridized carbons (Fsp3) is 0.200. The van der Waals surface area contributed by atoms with Crippen LogP contribution in [0.4, 0.5) is 15.8 Å². The van der Waals surface area contributed by atoms with Crippen LogP contribution in [0, 0.1) is 5.82 Å². The van der Waals surface area contributed by atoms with E-state index in [4.69, 9.17) is 14.2 Å². The average molecular weight is 450 g/mol. The maximum atomic E-state index is 14.3. The second-order valence-corrected chi connectivity index (χ2v) is 7.51. The number of benzene rings is 3. The van der Waals surface area contributed by atoms with E-state index in [2.05, 4.69) is 5.32 Å². The predicted molar refractivity (Wildman–Crippen MR) is 122 cm³/mol. The second-order valence-electron chi connectivity index (χ2n) is 7.51. The predicted octanol–water partition coefficient (Wildman–Crippen LogP) is 4.41. The third kappa shape index (κ3) is 4.59. The van der Waals surface area contributed by atoms with Gasteiger partial charge in [-0.1, -0.05) is 18.2 Å². The first kappa shape index (κ1) is 22.1. The first-order chi connectivity index (χ1) is 15.9. The van der Waals surface area contributed by atoms with Gasteiger partial charge in [-0.25, -0.2) is 4.39 Å². The van der Waals surface area contributed by atoms with Crippen LogP contribution in [0.2, 0.25) is 0 Å². The molecule has 0 aromatic heterocycles. The van der Waals surface area contributed by atoms with Crippen molar-refractivity contribution in [1.29, 1.82) is 0 Å². The van der Waals surface area contributed by atoms with E-state index < -0.39 is 11.9 Å². The molecule has 170 valence electrons. The van der Waals surface area contributed by atoms with Gasteiger partial charge in [-0.3, -0.25) is 9.59 Å². The largest absolute Gasteiger partial charge is 0.497 e. The van der Waals surface area contributed by atoms with Crippen molar-refractivity contribution < 1.29 is 28.2 Å². The van der Waals surface area contributed by atoms with Crippen LogP contribution in [-0.2, 0) is 11.3 Å². The van der Waals surface area contributed by atoms with Crippen LogP contribution in [0.3, 0.4) is 0 Å². The van der Waals surface area contributed by atoms with Crippen LogP contribution in [0.5, 0.6) is 17.2 Å². The molecular formula is C25H23FN2O5. The summed E-state index contributed by atoms with van der Waals surface area (Å²) in [5.74, 6) is 0.348. The molecule has 0 saturated heterocycles. The van der Waals surface area contributed by atoms with Crippen molar-refractivity contribution >= 4 is 23.2 Å². The molecule has 0 saturated carbocycles. The number of hydrogen-bond donors (Lipinski definition) is 1. The number of halogens is 1. The number of nitrogens with one attached hydrogen (secondary N) is 1. The molecule has 8 heteroatoms. The van der Waals surface area contributed by atoms with Gasteiger partial charge >= 0.3 is 0 Å². The van der Waals surface area contributed by atoms with Crippen LogP contribution in [0.15, 0.2) is 60.7 Å². The Balaban J connectivity index is 1.64. The number of carbonyl (C=O) groups is 2. The van der Waals surface area contributed by atoms with Crippen molar-refractivity contribution in [2.45, 2.75) is 19.6 Å². The Morgan fingerprint density at radius 2 is 1.76 bits per heavy atom. The first-order valence-corrected chi connectivity index (χ1v) is 10.3. The van der Waals surface area contributed by atoms with E-state index >= 15 is 0 Å².